The van der Waals surface area contributed by atoms with E-state index in [0.29, 0.717) is 18.3 Å². The van der Waals surface area contributed by atoms with Crippen molar-refractivity contribution >= 4 is 15.7 Å². The predicted octanol–water partition coefficient (Wildman–Crippen LogP) is 4.95. The van der Waals surface area contributed by atoms with Crippen molar-refractivity contribution in [3.8, 4) is 11.1 Å². The van der Waals surface area contributed by atoms with E-state index in [9.17, 15) is 8.42 Å². The molecule has 1 atom stereocenters. The number of aryl methyl sites for hydroxylation is 1. The number of nitrogens with zero attached hydrogens (tertiary/aromatic N) is 2. The number of aromatic nitrogens is 2. The van der Waals surface area contributed by atoms with Crippen LogP contribution in [0.25, 0.3) is 11.1 Å². The summed E-state index contributed by atoms with van der Waals surface area (Å²) in [5.74, 6) is 0.820. The monoisotopic (exact) mass is 452 g/mol. The van der Waals surface area contributed by atoms with Crippen LogP contribution in [0.4, 0.5) is 5.69 Å². The van der Waals surface area contributed by atoms with Gasteiger partial charge in [0, 0.05) is 31.4 Å². The first kappa shape index (κ1) is 22.6. The molecule has 0 saturated heterocycles. The van der Waals surface area contributed by atoms with E-state index in [0.717, 1.165) is 22.6 Å². The van der Waals surface area contributed by atoms with Crippen molar-refractivity contribution in [3.63, 3.8) is 0 Å². The van der Waals surface area contributed by atoms with Crippen LogP contribution in [0.1, 0.15) is 44.6 Å². The van der Waals surface area contributed by atoms with Crippen molar-refractivity contribution in [3.05, 3.63) is 66.5 Å². The van der Waals surface area contributed by atoms with Crippen LogP contribution in [0.2, 0.25) is 0 Å². The van der Waals surface area contributed by atoms with Crippen molar-refractivity contribution in [1.82, 2.24) is 15.1 Å². The number of sulfonamides is 1. The minimum atomic E-state index is -3.69. The van der Waals surface area contributed by atoms with Gasteiger partial charge in [0.05, 0.1) is 16.8 Å². The van der Waals surface area contributed by atoms with Crippen LogP contribution in [-0.4, -0.2) is 24.2 Å². The third-order valence-electron chi connectivity index (χ3n) is 6.27. The zero-order valence-electron chi connectivity index (χ0n) is 18.8. The Bertz CT molecular complexity index is 1130. The fourth-order valence-corrected chi connectivity index (χ4v) is 5.59. The van der Waals surface area contributed by atoms with Gasteiger partial charge in [-0.05, 0) is 48.6 Å². The molecule has 0 unspecified atom stereocenters. The Morgan fingerprint density at radius 1 is 1.06 bits per heavy atom. The molecule has 6 nitrogen and oxygen atoms in total. The second kappa shape index (κ2) is 9.88. The van der Waals surface area contributed by atoms with E-state index >= 15 is 0 Å². The van der Waals surface area contributed by atoms with E-state index in [4.69, 9.17) is 0 Å². The maximum Gasteiger partial charge on any atom is 0.261 e. The lowest BCUT2D eigenvalue weighted by molar-refractivity contribution is 0.404. The maximum absolute atomic E-state index is 13.0. The Kier molecular flexibility index (Phi) is 6.96. The Balaban J connectivity index is 1.42. The van der Waals surface area contributed by atoms with E-state index in [2.05, 4.69) is 22.1 Å². The lowest BCUT2D eigenvalue weighted by Gasteiger charge is -2.19. The minimum Gasteiger partial charge on any atom is -0.310 e. The Morgan fingerprint density at radius 2 is 1.78 bits per heavy atom. The second-order valence-corrected chi connectivity index (χ2v) is 10.5. The van der Waals surface area contributed by atoms with Crippen molar-refractivity contribution < 1.29 is 8.42 Å². The van der Waals surface area contributed by atoms with Crippen LogP contribution in [0.15, 0.2) is 65.8 Å². The molecule has 4 rings (SSSR count). The van der Waals surface area contributed by atoms with Gasteiger partial charge in [0.15, 0.2) is 0 Å². The van der Waals surface area contributed by atoms with E-state index in [-0.39, 0.29) is 4.90 Å². The SMILES string of the molecule is C[C@@H](CC1CCCC1)NCc1ccccc1NS(=O)(=O)c1ccc(-c2cnn(C)c2)cc1. The van der Waals surface area contributed by atoms with E-state index < -0.39 is 10.0 Å². The minimum absolute atomic E-state index is 0.238. The first-order valence-electron chi connectivity index (χ1n) is 11.3. The van der Waals surface area contributed by atoms with E-state index in [1.54, 1.807) is 23.0 Å². The van der Waals surface area contributed by atoms with Crippen molar-refractivity contribution in [2.45, 2.75) is 56.5 Å². The van der Waals surface area contributed by atoms with Crippen LogP contribution in [0.3, 0.4) is 0 Å². The highest BCUT2D eigenvalue weighted by molar-refractivity contribution is 7.92. The third-order valence-corrected chi connectivity index (χ3v) is 7.65. The largest absolute Gasteiger partial charge is 0.310 e. The third kappa shape index (κ3) is 5.58. The number of hydrogen-bond donors (Lipinski definition) is 2. The molecule has 7 heteroatoms. The molecule has 0 amide bonds. The normalized spacial score (nSPS) is 15.7. The summed E-state index contributed by atoms with van der Waals surface area (Å²) >= 11 is 0. The van der Waals surface area contributed by atoms with Crippen LogP contribution >= 0.6 is 0 Å². The fourth-order valence-electron chi connectivity index (χ4n) is 4.49. The Morgan fingerprint density at radius 3 is 2.47 bits per heavy atom. The smallest absolute Gasteiger partial charge is 0.261 e. The molecule has 1 heterocycles. The summed E-state index contributed by atoms with van der Waals surface area (Å²) in [6, 6.07) is 14.9. The fraction of sp³-hybridized carbons (Fsp3) is 0.400. The van der Waals surface area contributed by atoms with Crippen LogP contribution in [0.5, 0.6) is 0 Å². The topological polar surface area (TPSA) is 76.0 Å². The number of para-hydroxylation sites is 1. The average molecular weight is 453 g/mol. The highest BCUT2D eigenvalue weighted by atomic mass is 32.2. The van der Waals surface area contributed by atoms with Gasteiger partial charge in [0.25, 0.3) is 10.0 Å². The quantitative estimate of drug-likeness (QED) is 0.482. The molecule has 32 heavy (non-hydrogen) atoms. The van der Waals surface area contributed by atoms with Crippen LogP contribution in [-0.2, 0) is 23.6 Å². The van der Waals surface area contributed by atoms with Crippen LogP contribution in [0, 0.1) is 5.92 Å². The van der Waals surface area contributed by atoms with Gasteiger partial charge in [0.1, 0.15) is 0 Å². The van der Waals surface area contributed by atoms with Gasteiger partial charge in [-0.15, -0.1) is 0 Å². The van der Waals surface area contributed by atoms with Gasteiger partial charge in [-0.1, -0.05) is 56.0 Å². The summed E-state index contributed by atoms with van der Waals surface area (Å²) in [7, 11) is -1.83. The zero-order chi connectivity index (χ0) is 22.6. The molecular weight excluding hydrogens is 420 g/mol. The highest BCUT2D eigenvalue weighted by Gasteiger charge is 2.19. The summed E-state index contributed by atoms with van der Waals surface area (Å²) in [4.78, 5) is 0.238. The second-order valence-electron chi connectivity index (χ2n) is 8.86. The van der Waals surface area contributed by atoms with Gasteiger partial charge in [-0.2, -0.15) is 5.10 Å². The van der Waals surface area contributed by atoms with Gasteiger partial charge < -0.3 is 5.32 Å². The molecule has 0 aliphatic heterocycles. The standard InChI is InChI=1S/C25H32N4O2S/c1-19(15-20-7-3-4-8-20)26-16-22-9-5-6-10-25(22)28-32(30,31)24-13-11-21(12-14-24)23-17-27-29(2)18-23/h5-6,9-14,17-20,26,28H,3-4,7-8,15-16H2,1-2H3/t19-/m0/s1. The highest BCUT2D eigenvalue weighted by Crippen LogP contribution is 2.29. The molecule has 1 aliphatic carbocycles. The Labute approximate surface area is 191 Å². The maximum atomic E-state index is 13.0. The van der Waals surface area contributed by atoms with Gasteiger partial charge >= 0.3 is 0 Å². The summed E-state index contributed by atoms with van der Waals surface area (Å²) in [5, 5.41) is 7.74. The number of nitrogens with one attached hydrogen (secondary N) is 2. The summed E-state index contributed by atoms with van der Waals surface area (Å²) < 4.78 is 30.6. The lowest BCUT2D eigenvalue weighted by atomic mass is 9.99. The molecule has 1 aromatic heterocycles. The molecule has 1 saturated carbocycles. The first-order chi connectivity index (χ1) is 15.4. The van der Waals surface area contributed by atoms with Crippen LogP contribution < -0.4 is 10.0 Å². The summed E-state index contributed by atoms with van der Waals surface area (Å²) in [5.41, 5.74) is 3.44. The summed E-state index contributed by atoms with van der Waals surface area (Å²) in [6.07, 6.45) is 10.2. The molecule has 2 N–H and O–H groups in total. The molecule has 0 spiro atoms. The van der Waals surface area contributed by atoms with E-state index in [1.807, 2.05) is 49.6 Å². The molecule has 0 bridgehead atoms. The predicted molar refractivity (Wildman–Crippen MR) is 129 cm³/mol. The molecule has 2 aromatic carbocycles. The number of anilines is 1. The molecule has 3 aromatic rings. The molecular formula is C25H32N4O2S. The number of rotatable bonds is 9. The van der Waals surface area contributed by atoms with Crippen molar-refractivity contribution in [2.24, 2.45) is 13.0 Å². The molecule has 0 radical (unpaired) electrons. The van der Waals surface area contributed by atoms with E-state index in [1.165, 1.54) is 32.1 Å². The Hall–Kier alpha value is -2.64. The van der Waals surface area contributed by atoms with Crippen molar-refractivity contribution in [2.75, 3.05) is 4.72 Å². The number of hydrogen-bond acceptors (Lipinski definition) is 4. The van der Waals surface area contributed by atoms with Gasteiger partial charge in [-0.25, -0.2) is 8.42 Å². The zero-order valence-corrected chi connectivity index (χ0v) is 19.6. The average Bonchev–Trinajstić information content (AvgIpc) is 3.45. The van der Waals surface area contributed by atoms with Gasteiger partial charge in [0.2, 0.25) is 0 Å². The number of benzene rings is 2. The first-order valence-corrected chi connectivity index (χ1v) is 12.8. The summed E-state index contributed by atoms with van der Waals surface area (Å²) in [6.45, 7) is 2.85. The lowest BCUT2D eigenvalue weighted by Crippen LogP contribution is -2.28. The van der Waals surface area contributed by atoms with Crippen molar-refractivity contribution in [1.29, 1.82) is 0 Å². The van der Waals surface area contributed by atoms with Gasteiger partial charge in [-0.3, -0.25) is 9.40 Å². The molecule has 170 valence electrons. The molecule has 1 fully saturated rings. The molecule has 1 aliphatic rings.